The van der Waals surface area contributed by atoms with Crippen molar-refractivity contribution in [1.82, 2.24) is 10.3 Å². The monoisotopic (exact) mass is 270 g/mol. The van der Waals surface area contributed by atoms with E-state index in [0.717, 1.165) is 24.4 Å². The van der Waals surface area contributed by atoms with Crippen molar-refractivity contribution < 1.29 is 4.74 Å². The summed E-state index contributed by atoms with van der Waals surface area (Å²) < 4.78 is 5.33. The van der Waals surface area contributed by atoms with E-state index in [1.165, 1.54) is 11.1 Å². The Bertz CT molecular complexity index is 554. The topological polar surface area (TPSA) is 34.1 Å². The molecule has 0 aliphatic carbocycles. The molecule has 20 heavy (non-hydrogen) atoms. The van der Waals surface area contributed by atoms with Crippen LogP contribution in [0.5, 0.6) is 5.75 Å². The molecule has 2 rings (SSSR count). The molecule has 0 spiro atoms. The van der Waals surface area contributed by atoms with E-state index in [2.05, 4.69) is 42.3 Å². The van der Waals surface area contributed by atoms with Crippen molar-refractivity contribution in [3.8, 4) is 5.75 Å². The van der Waals surface area contributed by atoms with E-state index in [1.807, 2.05) is 24.4 Å². The molecule has 0 bridgehead atoms. The van der Waals surface area contributed by atoms with Gasteiger partial charge in [-0.2, -0.15) is 0 Å². The van der Waals surface area contributed by atoms with E-state index >= 15 is 0 Å². The van der Waals surface area contributed by atoms with Crippen LogP contribution < -0.4 is 10.1 Å². The van der Waals surface area contributed by atoms with E-state index < -0.39 is 0 Å². The molecule has 0 saturated heterocycles. The van der Waals surface area contributed by atoms with Crippen LogP contribution >= 0.6 is 0 Å². The summed E-state index contributed by atoms with van der Waals surface area (Å²) in [5.41, 5.74) is 3.56. The van der Waals surface area contributed by atoms with Gasteiger partial charge in [0.2, 0.25) is 0 Å². The largest absolute Gasteiger partial charge is 0.497 e. The Kier molecular flexibility index (Phi) is 5.13. The third-order valence-corrected chi connectivity index (χ3v) is 3.42. The van der Waals surface area contributed by atoms with E-state index in [0.29, 0.717) is 0 Å². The van der Waals surface area contributed by atoms with Crippen molar-refractivity contribution >= 4 is 0 Å². The lowest BCUT2D eigenvalue weighted by Crippen LogP contribution is -2.24. The molecule has 1 aromatic carbocycles. The third kappa shape index (κ3) is 3.17. The predicted molar refractivity (Wildman–Crippen MR) is 82.1 cm³/mol. The molecule has 1 atom stereocenters. The van der Waals surface area contributed by atoms with Gasteiger partial charge in [-0.05, 0) is 42.3 Å². The first-order valence-electron chi connectivity index (χ1n) is 7.11. The van der Waals surface area contributed by atoms with Gasteiger partial charge in [-0.3, -0.25) is 4.98 Å². The third-order valence-electron chi connectivity index (χ3n) is 3.42. The number of methoxy groups -OCH3 is 1. The highest BCUT2D eigenvalue weighted by Gasteiger charge is 2.17. The summed E-state index contributed by atoms with van der Waals surface area (Å²) in [6.07, 6.45) is 2.84. The molecule has 1 heterocycles. The summed E-state index contributed by atoms with van der Waals surface area (Å²) in [4.78, 5) is 4.60. The first kappa shape index (κ1) is 14.5. The Morgan fingerprint density at radius 1 is 1.20 bits per heavy atom. The van der Waals surface area contributed by atoms with Crippen LogP contribution in [-0.2, 0) is 6.42 Å². The molecule has 1 unspecified atom stereocenters. The van der Waals surface area contributed by atoms with Gasteiger partial charge >= 0.3 is 0 Å². The normalized spacial score (nSPS) is 12.2. The van der Waals surface area contributed by atoms with Gasteiger partial charge in [0.25, 0.3) is 0 Å². The van der Waals surface area contributed by atoms with Gasteiger partial charge in [0.1, 0.15) is 5.75 Å². The summed E-state index contributed by atoms with van der Waals surface area (Å²) in [6, 6.07) is 12.4. The van der Waals surface area contributed by atoms with Crippen molar-refractivity contribution in [2.45, 2.75) is 26.3 Å². The number of hydrogen-bond acceptors (Lipinski definition) is 3. The Morgan fingerprint density at radius 2 is 2.05 bits per heavy atom. The van der Waals surface area contributed by atoms with E-state index in [9.17, 15) is 0 Å². The van der Waals surface area contributed by atoms with Crippen LogP contribution in [0, 0.1) is 0 Å². The van der Waals surface area contributed by atoms with Crippen molar-refractivity contribution in [3.63, 3.8) is 0 Å². The van der Waals surface area contributed by atoms with E-state index in [1.54, 1.807) is 7.11 Å². The number of hydrogen-bond donors (Lipinski definition) is 1. The standard InChI is InChI=1S/C17H22N2O/c1-4-13-9-7-11-19-16(13)17(18-5-2)14-8-6-10-15(12-14)20-3/h6-12,17-18H,4-5H2,1-3H3. The van der Waals surface area contributed by atoms with E-state index in [4.69, 9.17) is 4.74 Å². The molecule has 3 nitrogen and oxygen atoms in total. The average molecular weight is 270 g/mol. The Labute approximate surface area is 121 Å². The van der Waals surface area contributed by atoms with Crippen LogP contribution in [0.2, 0.25) is 0 Å². The zero-order valence-corrected chi connectivity index (χ0v) is 12.4. The lowest BCUT2D eigenvalue weighted by Gasteiger charge is -2.21. The fourth-order valence-electron chi connectivity index (χ4n) is 2.41. The molecular formula is C17H22N2O. The minimum atomic E-state index is 0.103. The number of rotatable bonds is 6. The zero-order valence-electron chi connectivity index (χ0n) is 12.4. The summed E-state index contributed by atoms with van der Waals surface area (Å²) in [5, 5.41) is 3.52. The minimum Gasteiger partial charge on any atom is -0.497 e. The Morgan fingerprint density at radius 3 is 2.75 bits per heavy atom. The van der Waals surface area contributed by atoms with Gasteiger partial charge in [0.15, 0.2) is 0 Å². The van der Waals surface area contributed by atoms with Crippen LogP contribution in [0.4, 0.5) is 0 Å². The van der Waals surface area contributed by atoms with Gasteiger partial charge in [-0.15, -0.1) is 0 Å². The first-order chi connectivity index (χ1) is 9.80. The van der Waals surface area contributed by atoms with Crippen LogP contribution in [0.15, 0.2) is 42.6 Å². The van der Waals surface area contributed by atoms with E-state index in [-0.39, 0.29) is 6.04 Å². The molecule has 0 fully saturated rings. The molecule has 2 aromatic rings. The molecule has 1 aromatic heterocycles. The lowest BCUT2D eigenvalue weighted by atomic mass is 9.98. The lowest BCUT2D eigenvalue weighted by molar-refractivity contribution is 0.413. The number of pyridine rings is 1. The van der Waals surface area contributed by atoms with Gasteiger partial charge in [-0.25, -0.2) is 0 Å². The number of benzene rings is 1. The quantitative estimate of drug-likeness (QED) is 0.874. The SMILES string of the molecule is CCNC(c1cccc(OC)c1)c1ncccc1CC. The Hall–Kier alpha value is -1.87. The van der Waals surface area contributed by atoms with Gasteiger partial charge < -0.3 is 10.1 Å². The van der Waals surface area contributed by atoms with Crippen molar-refractivity contribution in [3.05, 3.63) is 59.4 Å². The minimum absolute atomic E-state index is 0.103. The highest BCUT2D eigenvalue weighted by Crippen LogP contribution is 2.26. The maximum absolute atomic E-state index is 5.33. The highest BCUT2D eigenvalue weighted by molar-refractivity contribution is 5.37. The smallest absolute Gasteiger partial charge is 0.119 e. The second-order valence-corrected chi connectivity index (χ2v) is 4.67. The molecule has 3 heteroatoms. The molecule has 0 aliphatic rings. The molecule has 106 valence electrons. The number of ether oxygens (including phenoxy) is 1. The van der Waals surface area contributed by atoms with Crippen molar-refractivity contribution in [1.29, 1.82) is 0 Å². The van der Waals surface area contributed by atoms with Crippen molar-refractivity contribution in [2.75, 3.05) is 13.7 Å². The van der Waals surface area contributed by atoms with Gasteiger partial charge in [0.05, 0.1) is 18.8 Å². The van der Waals surface area contributed by atoms with Crippen LogP contribution in [0.25, 0.3) is 0 Å². The highest BCUT2D eigenvalue weighted by atomic mass is 16.5. The molecule has 1 N–H and O–H groups in total. The fourth-order valence-corrected chi connectivity index (χ4v) is 2.41. The van der Waals surface area contributed by atoms with Crippen LogP contribution in [0.1, 0.15) is 36.7 Å². The first-order valence-corrected chi connectivity index (χ1v) is 7.11. The second kappa shape index (κ2) is 7.06. The maximum atomic E-state index is 5.33. The van der Waals surface area contributed by atoms with Crippen LogP contribution in [-0.4, -0.2) is 18.6 Å². The number of nitrogens with one attached hydrogen (secondary N) is 1. The summed E-state index contributed by atoms with van der Waals surface area (Å²) in [5.74, 6) is 0.874. The summed E-state index contributed by atoms with van der Waals surface area (Å²) in [7, 11) is 1.69. The number of nitrogens with zero attached hydrogens (tertiary/aromatic N) is 1. The van der Waals surface area contributed by atoms with Gasteiger partial charge in [0, 0.05) is 6.20 Å². The van der Waals surface area contributed by atoms with Gasteiger partial charge in [-0.1, -0.05) is 32.0 Å². The molecule has 0 aliphatic heterocycles. The summed E-state index contributed by atoms with van der Waals surface area (Å²) >= 11 is 0. The van der Waals surface area contributed by atoms with Crippen LogP contribution in [0.3, 0.4) is 0 Å². The average Bonchev–Trinajstić information content (AvgIpc) is 2.52. The molecular weight excluding hydrogens is 248 g/mol. The summed E-state index contributed by atoms with van der Waals surface area (Å²) in [6.45, 7) is 5.17. The Balaban J connectivity index is 2.44. The van der Waals surface area contributed by atoms with Crippen molar-refractivity contribution in [2.24, 2.45) is 0 Å². The predicted octanol–water partition coefficient (Wildman–Crippen LogP) is 3.35. The second-order valence-electron chi connectivity index (χ2n) is 4.67. The fraction of sp³-hybridized carbons (Fsp3) is 0.353. The maximum Gasteiger partial charge on any atom is 0.119 e. The molecule has 0 amide bonds. The zero-order chi connectivity index (χ0) is 14.4. The molecule has 0 radical (unpaired) electrons. The number of aromatic nitrogens is 1. The molecule has 0 saturated carbocycles. The number of aryl methyl sites for hydroxylation is 1.